The van der Waals surface area contributed by atoms with Crippen LogP contribution in [0.15, 0.2) is 18.2 Å². The third-order valence-electron chi connectivity index (χ3n) is 2.52. The third-order valence-corrected chi connectivity index (χ3v) is 3.80. The largest absolute Gasteiger partial charge is 0.307 e. The Morgan fingerprint density at radius 1 is 1.26 bits per heavy atom. The fourth-order valence-electron chi connectivity index (χ4n) is 1.55. The summed E-state index contributed by atoms with van der Waals surface area (Å²) in [6.07, 6.45) is 0. The topological polar surface area (TPSA) is 37.8 Å². The van der Waals surface area contributed by atoms with Crippen molar-refractivity contribution < 1.29 is 0 Å². The fraction of sp³-hybridized carbons (Fsp3) is 0.385. The minimum absolute atomic E-state index is 0.0411. The van der Waals surface area contributed by atoms with Gasteiger partial charge in [-0.25, -0.2) is 0 Å². The van der Waals surface area contributed by atoms with Crippen LogP contribution in [-0.2, 0) is 6.54 Å². The van der Waals surface area contributed by atoms with Gasteiger partial charge in [-0.05, 0) is 50.5 Å². The monoisotopic (exact) mass is 315 g/mol. The van der Waals surface area contributed by atoms with Crippen LogP contribution < -0.4 is 5.32 Å². The van der Waals surface area contributed by atoms with E-state index in [1.807, 2.05) is 6.07 Å². The van der Waals surface area contributed by atoms with Crippen LogP contribution in [0.1, 0.15) is 25.6 Å². The van der Waals surface area contributed by atoms with E-state index in [1.165, 1.54) is 11.5 Å². The molecule has 0 unspecified atom stereocenters. The Balaban J connectivity index is 2.31. The summed E-state index contributed by atoms with van der Waals surface area (Å²) in [7, 11) is 0. The van der Waals surface area contributed by atoms with Gasteiger partial charge >= 0.3 is 0 Å². The SMILES string of the molecule is CC(C)(C)NCc1snnc1-c1cc(Cl)ccc1Cl. The van der Waals surface area contributed by atoms with Crippen molar-refractivity contribution in [2.75, 3.05) is 0 Å². The van der Waals surface area contributed by atoms with Crippen molar-refractivity contribution >= 4 is 34.7 Å². The minimum Gasteiger partial charge on any atom is -0.307 e. The lowest BCUT2D eigenvalue weighted by atomic mass is 10.1. The van der Waals surface area contributed by atoms with Gasteiger partial charge < -0.3 is 5.32 Å². The van der Waals surface area contributed by atoms with Crippen LogP contribution in [0.2, 0.25) is 10.0 Å². The molecular formula is C13H15Cl2N3S. The van der Waals surface area contributed by atoms with Gasteiger partial charge in [-0.1, -0.05) is 27.7 Å². The van der Waals surface area contributed by atoms with Crippen LogP contribution in [0.4, 0.5) is 0 Å². The molecule has 0 saturated heterocycles. The van der Waals surface area contributed by atoms with E-state index in [-0.39, 0.29) is 5.54 Å². The van der Waals surface area contributed by atoms with Crippen LogP contribution >= 0.6 is 34.7 Å². The van der Waals surface area contributed by atoms with Crippen molar-refractivity contribution in [1.82, 2.24) is 14.9 Å². The van der Waals surface area contributed by atoms with Gasteiger partial charge in [-0.15, -0.1) is 5.10 Å². The maximum Gasteiger partial charge on any atom is 0.111 e. The Morgan fingerprint density at radius 3 is 2.68 bits per heavy atom. The molecule has 19 heavy (non-hydrogen) atoms. The number of nitrogens with one attached hydrogen (secondary N) is 1. The second kappa shape index (κ2) is 5.75. The van der Waals surface area contributed by atoms with Gasteiger partial charge in [0.1, 0.15) is 5.69 Å². The highest BCUT2D eigenvalue weighted by Gasteiger charge is 2.16. The lowest BCUT2D eigenvalue weighted by Crippen LogP contribution is -2.34. The molecule has 0 radical (unpaired) electrons. The Kier molecular flexibility index (Phi) is 4.46. The van der Waals surface area contributed by atoms with Gasteiger partial charge in [0.05, 0.1) is 9.90 Å². The molecule has 0 aliphatic heterocycles. The standard InChI is InChI=1S/C13H15Cl2N3S/c1-13(2,3)16-7-11-12(17-18-19-11)9-6-8(14)4-5-10(9)15/h4-6,16H,7H2,1-3H3. The highest BCUT2D eigenvalue weighted by atomic mass is 35.5. The van der Waals surface area contributed by atoms with Crippen molar-refractivity contribution in [2.24, 2.45) is 0 Å². The summed E-state index contributed by atoms with van der Waals surface area (Å²) in [5.41, 5.74) is 1.67. The summed E-state index contributed by atoms with van der Waals surface area (Å²) < 4.78 is 4.02. The van der Waals surface area contributed by atoms with Gasteiger partial charge in [0.15, 0.2) is 0 Å². The first-order valence-corrected chi connectivity index (χ1v) is 7.41. The van der Waals surface area contributed by atoms with Crippen molar-refractivity contribution in [1.29, 1.82) is 0 Å². The molecule has 0 amide bonds. The number of hydrogen-bond acceptors (Lipinski definition) is 4. The lowest BCUT2D eigenvalue weighted by Gasteiger charge is -2.20. The fourth-order valence-corrected chi connectivity index (χ4v) is 2.53. The predicted molar refractivity (Wildman–Crippen MR) is 82.0 cm³/mol. The van der Waals surface area contributed by atoms with E-state index in [2.05, 4.69) is 35.7 Å². The zero-order chi connectivity index (χ0) is 14.0. The molecule has 1 aromatic carbocycles. The summed E-state index contributed by atoms with van der Waals surface area (Å²) in [4.78, 5) is 1.05. The van der Waals surface area contributed by atoms with Gasteiger partial charge in [0, 0.05) is 22.7 Å². The number of rotatable bonds is 3. The maximum atomic E-state index is 6.21. The van der Waals surface area contributed by atoms with E-state index in [9.17, 15) is 0 Å². The van der Waals surface area contributed by atoms with Crippen molar-refractivity contribution in [3.63, 3.8) is 0 Å². The summed E-state index contributed by atoms with van der Waals surface area (Å²) >= 11 is 13.6. The number of nitrogens with zero attached hydrogens (tertiary/aromatic N) is 2. The normalized spacial score (nSPS) is 11.8. The van der Waals surface area contributed by atoms with Crippen molar-refractivity contribution in [3.8, 4) is 11.3 Å². The molecule has 0 aliphatic carbocycles. The van der Waals surface area contributed by atoms with E-state index in [1.54, 1.807) is 12.1 Å². The molecule has 0 atom stereocenters. The van der Waals surface area contributed by atoms with E-state index < -0.39 is 0 Å². The van der Waals surface area contributed by atoms with Crippen LogP contribution in [0.3, 0.4) is 0 Å². The number of aromatic nitrogens is 2. The Labute approximate surface area is 127 Å². The Bertz CT molecular complexity index is 576. The van der Waals surface area contributed by atoms with E-state index in [0.29, 0.717) is 16.6 Å². The third kappa shape index (κ3) is 3.89. The molecule has 2 aromatic rings. The lowest BCUT2D eigenvalue weighted by molar-refractivity contribution is 0.426. The zero-order valence-electron chi connectivity index (χ0n) is 11.0. The second-order valence-electron chi connectivity index (χ2n) is 5.27. The molecule has 1 heterocycles. The maximum absolute atomic E-state index is 6.21. The minimum atomic E-state index is 0.0411. The first-order valence-electron chi connectivity index (χ1n) is 5.88. The summed E-state index contributed by atoms with van der Waals surface area (Å²) in [6, 6.07) is 5.36. The van der Waals surface area contributed by atoms with Gasteiger partial charge in [0.25, 0.3) is 0 Å². The molecule has 0 bridgehead atoms. The molecular weight excluding hydrogens is 301 g/mol. The van der Waals surface area contributed by atoms with E-state index in [0.717, 1.165) is 16.1 Å². The summed E-state index contributed by atoms with van der Waals surface area (Å²) in [5, 5.41) is 8.87. The van der Waals surface area contributed by atoms with Crippen LogP contribution in [0, 0.1) is 0 Å². The summed E-state index contributed by atoms with van der Waals surface area (Å²) in [5.74, 6) is 0. The van der Waals surface area contributed by atoms with E-state index >= 15 is 0 Å². The highest BCUT2D eigenvalue weighted by Crippen LogP contribution is 2.32. The highest BCUT2D eigenvalue weighted by molar-refractivity contribution is 7.06. The van der Waals surface area contributed by atoms with Gasteiger partial charge in [-0.3, -0.25) is 0 Å². The smallest absolute Gasteiger partial charge is 0.111 e. The molecule has 2 rings (SSSR count). The second-order valence-corrected chi connectivity index (χ2v) is 6.95. The Morgan fingerprint density at radius 2 is 2.00 bits per heavy atom. The average Bonchev–Trinajstić information content (AvgIpc) is 2.77. The van der Waals surface area contributed by atoms with Crippen molar-refractivity contribution in [2.45, 2.75) is 32.9 Å². The molecule has 1 N–H and O–H groups in total. The first-order chi connectivity index (χ1) is 8.87. The van der Waals surface area contributed by atoms with E-state index in [4.69, 9.17) is 23.2 Å². The van der Waals surface area contributed by atoms with Crippen molar-refractivity contribution in [3.05, 3.63) is 33.1 Å². The van der Waals surface area contributed by atoms with Gasteiger partial charge in [0.2, 0.25) is 0 Å². The molecule has 0 saturated carbocycles. The molecule has 0 spiro atoms. The number of hydrogen-bond donors (Lipinski definition) is 1. The molecule has 102 valence electrons. The predicted octanol–water partition coefficient (Wildman–Crippen LogP) is 4.40. The molecule has 6 heteroatoms. The number of benzene rings is 1. The Hall–Kier alpha value is -0.680. The first kappa shape index (κ1) is 14.7. The molecule has 3 nitrogen and oxygen atoms in total. The van der Waals surface area contributed by atoms with Crippen LogP contribution in [0.25, 0.3) is 11.3 Å². The zero-order valence-corrected chi connectivity index (χ0v) is 13.3. The quantitative estimate of drug-likeness (QED) is 0.912. The number of halogens is 2. The van der Waals surface area contributed by atoms with Crippen LogP contribution in [0.5, 0.6) is 0 Å². The van der Waals surface area contributed by atoms with Gasteiger partial charge in [-0.2, -0.15) is 0 Å². The van der Waals surface area contributed by atoms with Crippen LogP contribution in [-0.4, -0.2) is 15.1 Å². The average molecular weight is 316 g/mol. The molecule has 0 aliphatic rings. The summed E-state index contributed by atoms with van der Waals surface area (Å²) in [6.45, 7) is 7.06. The molecule has 0 fully saturated rings. The molecule has 1 aromatic heterocycles.